The standard InChI is InChI=1S/C17H25N3/c1-3-5-10-18-11-9-15-7-6-8-16(12-15)17-13-19-20(4-2)14-17/h6-8,12-14,18H,3-5,9-11H2,1-2H3. The van der Waals surface area contributed by atoms with E-state index in [1.807, 2.05) is 10.9 Å². The highest BCUT2D eigenvalue weighted by Crippen LogP contribution is 2.19. The molecule has 1 heterocycles. The summed E-state index contributed by atoms with van der Waals surface area (Å²) in [5.41, 5.74) is 3.85. The van der Waals surface area contributed by atoms with Gasteiger partial charge < -0.3 is 5.32 Å². The molecule has 0 aliphatic carbocycles. The molecule has 20 heavy (non-hydrogen) atoms. The van der Waals surface area contributed by atoms with Gasteiger partial charge in [0.15, 0.2) is 0 Å². The molecule has 2 rings (SSSR count). The van der Waals surface area contributed by atoms with Crippen LogP contribution in [0.25, 0.3) is 11.1 Å². The van der Waals surface area contributed by atoms with Crippen molar-refractivity contribution < 1.29 is 0 Å². The topological polar surface area (TPSA) is 29.9 Å². The lowest BCUT2D eigenvalue weighted by atomic mass is 10.0. The van der Waals surface area contributed by atoms with E-state index in [9.17, 15) is 0 Å². The van der Waals surface area contributed by atoms with Crippen LogP contribution in [0.2, 0.25) is 0 Å². The normalized spacial score (nSPS) is 10.9. The molecule has 0 bridgehead atoms. The number of aromatic nitrogens is 2. The molecule has 2 aromatic rings. The van der Waals surface area contributed by atoms with E-state index < -0.39 is 0 Å². The summed E-state index contributed by atoms with van der Waals surface area (Å²) < 4.78 is 1.97. The lowest BCUT2D eigenvalue weighted by Gasteiger charge is -2.05. The second-order valence-corrected chi connectivity index (χ2v) is 5.14. The van der Waals surface area contributed by atoms with Crippen molar-refractivity contribution in [1.29, 1.82) is 0 Å². The Balaban J connectivity index is 1.93. The summed E-state index contributed by atoms with van der Waals surface area (Å²) in [5.74, 6) is 0. The van der Waals surface area contributed by atoms with Crippen LogP contribution in [0, 0.1) is 0 Å². The van der Waals surface area contributed by atoms with Gasteiger partial charge in [-0.25, -0.2) is 0 Å². The summed E-state index contributed by atoms with van der Waals surface area (Å²) in [4.78, 5) is 0. The zero-order chi connectivity index (χ0) is 14.2. The Morgan fingerprint density at radius 2 is 2.05 bits per heavy atom. The third kappa shape index (κ3) is 4.20. The predicted octanol–water partition coefficient (Wildman–Crippen LogP) is 3.50. The second kappa shape index (κ2) is 7.85. The highest BCUT2D eigenvalue weighted by molar-refractivity contribution is 5.62. The number of hydrogen-bond donors (Lipinski definition) is 1. The van der Waals surface area contributed by atoms with Crippen molar-refractivity contribution in [3.8, 4) is 11.1 Å². The molecule has 3 nitrogen and oxygen atoms in total. The molecular formula is C17H25N3. The summed E-state index contributed by atoms with van der Waals surface area (Å²) in [7, 11) is 0. The van der Waals surface area contributed by atoms with Crippen molar-refractivity contribution in [2.24, 2.45) is 0 Å². The zero-order valence-corrected chi connectivity index (χ0v) is 12.6. The summed E-state index contributed by atoms with van der Waals surface area (Å²) in [6, 6.07) is 8.78. The smallest absolute Gasteiger partial charge is 0.0568 e. The van der Waals surface area contributed by atoms with Gasteiger partial charge in [0, 0.05) is 18.3 Å². The van der Waals surface area contributed by atoms with Crippen molar-refractivity contribution in [2.45, 2.75) is 39.7 Å². The van der Waals surface area contributed by atoms with Crippen LogP contribution in [0.15, 0.2) is 36.7 Å². The first-order valence-electron chi connectivity index (χ1n) is 7.66. The average molecular weight is 271 g/mol. The van der Waals surface area contributed by atoms with Crippen molar-refractivity contribution in [1.82, 2.24) is 15.1 Å². The van der Waals surface area contributed by atoms with Gasteiger partial charge in [-0.3, -0.25) is 4.68 Å². The minimum Gasteiger partial charge on any atom is -0.316 e. The monoisotopic (exact) mass is 271 g/mol. The molecule has 0 amide bonds. The number of aryl methyl sites for hydroxylation is 1. The van der Waals surface area contributed by atoms with Crippen LogP contribution in [0.1, 0.15) is 32.3 Å². The molecule has 0 radical (unpaired) electrons. The van der Waals surface area contributed by atoms with Gasteiger partial charge in [0.25, 0.3) is 0 Å². The zero-order valence-electron chi connectivity index (χ0n) is 12.6. The van der Waals surface area contributed by atoms with E-state index in [-0.39, 0.29) is 0 Å². The Bertz CT molecular complexity index is 516. The molecule has 108 valence electrons. The molecule has 0 fully saturated rings. The quantitative estimate of drug-likeness (QED) is 0.745. The van der Waals surface area contributed by atoms with E-state index >= 15 is 0 Å². The van der Waals surface area contributed by atoms with Crippen LogP contribution in [0.5, 0.6) is 0 Å². The fourth-order valence-electron chi connectivity index (χ4n) is 2.25. The molecule has 0 saturated carbocycles. The van der Waals surface area contributed by atoms with E-state index in [1.54, 1.807) is 0 Å². The first-order valence-corrected chi connectivity index (χ1v) is 7.66. The molecule has 0 aliphatic rings. The first kappa shape index (κ1) is 14.8. The number of benzene rings is 1. The first-order chi connectivity index (χ1) is 9.83. The van der Waals surface area contributed by atoms with E-state index in [0.717, 1.165) is 26.1 Å². The van der Waals surface area contributed by atoms with Crippen LogP contribution in [-0.2, 0) is 13.0 Å². The van der Waals surface area contributed by atoms with Crippen LogP contribution < -0.4 is 5.32 Å². The van der Waals surface area contributed by atoms with Crippen LogP contribution in [-0.4, -0.2) is 22.9 Å². The maximum atomic E-state index is 4.34. The van der Waals surface area contributed by atoms with Crippen LogP contribution in [0.4, 0.5) is 0 Å². The fourth-order valence-corrected chi connectivity index (χ4v) is 2.25. The molecule has 1 aromatic carbocycles. The number of hydrogen-bond acceptors (Lipinski definition) is 2. The fraction of sp³-hybridized carbons (Fsp3) is 0.471. The van der Waals surface area contributed by atoms with Crippen molar-refractivity contribution in [3.63, 3.8) is 0 Å². The molecule has 3 heteroatoms. The van der Waals surface area contributed by atoms with Gasteiger partial charge >= 0.3 is 0 Å². The van der Waals surface area contributed by atoms with E-state index in [0.29, 0.717) is 0 Å². The largest absolute Gasteiger partial charge is 0.316 e. The van der Waals surface area contributed by atoms with Crippen LogP contribution in [0.3, 0.4) is 0 Å². The molecular weight excluding hydrogens is 246 g/mol. The van der Waals surface area contributed by atoms with Gasteiger partial charge in [0.1, 0.15) is 0 Å². The SMILES string of the molecule is CCCCNCCc1cccc(-c2cnn(CC)c2)c1. The Labute approximate surface area is 122 Å². The summed E-state index contributed by atoms with van der Waals surface area (Å²) in [6.07, 6.45) is 7.65. The van der Waals surface area contributed by atoms with E-state index in [4.69, 9.17) is 0 Å². The van der Waals surface area contributed by atoms with Crippen molar-refractivity contribution >= 4 is 0 Å². The number of unbranched alkanes of at least 4 members (excludes halogenated alkanes) is 1. The summed E-state index contributed by atoms with van der Waals surface area (Å²) in [5, 5.41) is 7.83. The van der Waals surface area contributed by atoms with Gasteiger partial charge in [0.05, 0.1) is 6.20 Å². The van der Waals surface area contributed by atoms with Gasteiger partial charge in [-0.15, -0.1) is 0 Å². The number of rotatable bonds is 8. The molecule has 0 unspecified atom stereocenters. The molecule has 0 spiro atoms. The highest BCUT2D eigenvalue weighted by Gasteiger charge is 2.02. The van der Waals surface area contributed by atoms with Gasteiger partial charge in [0.2, 0.25) is 0 Å². The van der Waals surface area contributed by atoms with Gasteiger partial charge in [-0.1, -0.05) is 37.6 Å². The molecule has 1 N–H and O–H groups in total. The van der Waals surface area contributed by atoms with Crippen molar-refractivity contribution in [3.05, 3.63) is 42.2 Å². The van der Waals surface area contributed by atoms with E-state index in [2.05, 4.69) is 54.7 Å². The third-order valence-corrected chi connectivity index (χ3v) is 3.52. The Morgan fingerprint density at radius 1 is 1.15 bits per heavy atom. The Morgan fingerprint density at radius 3 is 2.80 bits per heavy atom. The summed E-state index contributed by atoms with van der Waals surface area (Å²) >= 11 is 0. The lowest BCUT2D eigenvalue weighted by Crippen LogP contribution is -2.18. The van der Waals surface area contributed by atoms with Gasteiger partial charge in [-0.05, 0) is 44.0 Å². The molecule has 0 saturated heterocycles. The minimum absolute atomic E-state index is 0.918. The number of nitrogens with one attached hydrogen (secondary N) is 1. The minimum atomic E-state index is 0.918. The van der Waals surface area contributed by atoms with E-state index in [1.165, 1.54) is 29.5 Å². The second-order valence-electron chi connectivity index (χ2n) is 5.14. The summed E-state index contributed by atoms with van der Waals surface area (Å²) in [6.45, 7) is 7.43. The Hall–Kier alpha value is -1.61. The molecule has 0 aliphatic heterocycles. The maximum absolute atomic E-state index is 4.34. The average Bonchev–Trinajstić information content (AvgIpc) is 2.96. The van der Waals surface area contributed by atoms with Crippen LogP contribution >= 0.6 is 0 Å². The van der Waals surface area contributed by atoms with Crippen molar-refractivity contribution in [2.75, 3.05) is 13.1 Å². The lowest BCUT2D eigenvalue weighted by molar-refractivity contribution is 0.640. The van der Waals surface area contributed by atoms with Gasteiger partial charge in [-0.2, -0.15) is 5.10 Å². The molecule has 0 atom stereocenters. The third-order valence-electron chi connectivity index (χ3n) is 3.52. The number of nitrogens with zero attached hydrogens (tertiary/aromatic N) is 2. The Kier molecular flexibility index (Phi) is 5.81. The predicted molar refractivity (Wildman–Crippen MR) is 84.8 cm³/mol. The maximum Gasteiger partial charge on any atom is 0.0568 e. The highest BCUT2D eigenvalue weighted by atomic mass is 15.3. The molecule has 1 aromatic heterocycles.